The summed E-state index contributed by atoms with van der Waals surface area (Å²) in [7, 11) is 0. The van der Waals surface area contributed by atoms with Crippen LogP contribution >= 0.6 is 0 Å². The van der Waals surface area contributed by atoms with Crippen LogP contribution in [0.1, 0.15) is 71.1 Å². The Labute approximate surface area is 128 Å². The summed E-state index contributed by atoms with van der Waals surface area (Å²) in [4.78, 5) is 22.2. The van der Waals surface area contributed by atoms with Gasteiger partial charge >= 0.3 is 5.97 Å². The van der Waals surface area contributed by atoms with Crippen LogP contribution in [0.2, 0.25) is 0 Å². The Bertz CT molecular complexity index is 323. The van der Waals surface area contributed by atoms with E-state index in [-0.39, 0.29) is 5.97 Å². The summed E-state index contributed by atoms with van der Waals surface area (Å²) in [6.07, 6.45) is 12.7. The molecule has 0 atom stereocenters. The van der Waals surface area contributed by atoms with Crippen molar-refractivity contribution in [1.82, 2.24) is 0 Å². The zero-order valence-electron chi connectivity index (χ0n) is 13.4. The maximum Gasteiger partial charge on any atom is 0.305 e. The van der Waals surface area contributed by atoms with Gasteiger partial charge in [-0.2, -0.15) is 0 Å². The summed E-state index contributed by atoms with van der Waals surface area (Å²) in [6.45, 7) is 2.36. The van der Waals surface area contributed by atoms with Gasteiger partial charge in [0.25, 0.3) is 0 Å². The minimum Gasteiger partial charge on any atom is -0.466 e. The normalized spacial score (nSPS) is 33.4. The highest BCUT2D eigenvalue weighted by atomic mass is 16.5. The molecule has 0 saturated heterocycles. The minimum atomic E-state index is -0.0354. The highest BCUT2D eigenvalue weighted by Crippen LogP contribution is 2.41. The first-order valence-corrected chi connectivity index (χ1v) is 8.83. The molecule has 0 aromatic carbocycles. The van der Waals surface area contributed by atoms with Crippen molar-refractivity contribution in [2.75, 3.05) is 6.61 Å². The van der Waals surface area contributed by atoms with E-state index in [4.69, 9.17) is 4.74 Å². The molecule has 21 heavy (non-hydrogen) atoms. The molecular formula is C18H30O3. The van der Waals surface area contributed by atoms with Gasteiger partial charge in [0.15, 0.2) is 0 Å². The van der Waals surface area contributed by atoms with Gasteiger partial charge in [-0.05, 0) is 69.6 Å². The van der Waals surface area contributed by atoms with Gasteiger partial charge in [0.1, 0.15) is 6.29 Å². The van der Waals surface area contributed by atoms with Crippen LogP contribution in [0.5, 0.6) is 0 Å². The number of rotatable bonds is 6. The molecule has 2 fully saturated rings. The average Bonchev–Trinajstić information content (AvgIpc) is 2.54. The number of carbonyl (C=O) groups is 2. The van der Waals surface area contributed by atoms with Crippen molar-refractivity contribution < 1.29 is 14.3 Å². The Morgan fingerprint density at radius 2 is 1.57 bits per heavy atom. The molecule has 120 valence electrons. The van der Waals surface area contributed by atoms with Gasteiger partial charge in [0, 0.05) is 12.3 Å². The molecule has 0 aromatic rings. The Morgan fingerprint density at radius 1 is 1.00 bits per heavy atom. The van der Waals surface area contributed by atoms with E-state index in [1.165, 1.54) is 38.5 Å². The largest absolute Gasteiger partial charge is 0.466 e. The fourth-order valence-corrected chi connectivity index (χ4v) is 4.26. The predicted octanol–water partition coefficient (Wildman–Crippen LogP) is 4.14. The molecule has 3 nitrogen and oxygen atoms in total. The van der Waals surface area contributed by atoms with Crippen LogP contribution in [0.15, 0.2) is 0 Å². The standard InChI is InChI=1S/C18H30O3/c1-2-21-18(20)12-7-14-3-8-16(9-4-14)17-10-5-15(13-19)6-11-17/h13-17H,2-12H2,1H3. The molecule has 0 radical (unpaired) electrons. The molecule has 0 unspecified atom stereocenters. The quantitative estimate of drug-likeness (QED) is 0.546. The zero-order chi connectivity index (χ0) is 15.1. The number of hydrogen-bond donors (Lipinski definition) is 0. The second-order valence-corrected chi connectivity index (χ2v) is 6.94. The fraction of sp³-hybridized carbons (Fsp3) is 0.889. The Hall–Kier alpha value is -0.860. The maximum absolute atomic E-state index is 11.4. The lowest BCUT2D eigenvalue weighted by Gasteiger charge is -2.37. The Balaban J connectivity index is 1.64. The summed E-state index contributed by atoms with van der Waals surface area (Å²) in [5, 5.41) is 0. The molecule has 2 rings (SSSR count). The predicted molar refractivity (Wildman–Crippen MR) is 82.8 cm³/mol. The second kappa shape index (κ2) is 8.55. The lowest BCUT2D eigenvalue weighted by Crippen LogP contribution is -2.26. The van der Waals surface area contributed by atoms with Gasteiger partial charge in [-0.15, -0.1) is 0 Å². The van der Waals surface area contributed by atoms with Crippen LogP contribution in [0.3, 0.4) is 0 Å². The van der Waals surface area contributed by atoms with Gasteiger partial charge in [-0.1, -0.05) is 12.8 Å². The molecule has 0 bridgehead atoms. The van der Waals surface area contributed by atoms with E-state index >= 15 is 0 Å². The van der Waals surface area contributed by atoms with E-state index < -0.39 is 0 Å². The average molecular weight is 294 g/mol. The third-order valence-electron chi connectivity index (χ3n) is 5.63. The fourth-order valence-electron chi connectivity index (χ4n) is 4.26. The highest BCUT2D eigenvalue weighted by molar-refractivity contribution is 5.69. The van der Waals surface area contributed by atoms with Crippen molar-refractivity contribution in [2.24, 2.45) is 23.7 Å². The van der Waals surface area contributed by atoms with E-state index in [2.05, 4.69) is 0 Å². The first-order valence-electron chi connectivity index (χ1n) is 8.83. The third kappa shape index (κ3) is 5.12. The van der Waals surface area contributed by atoms with E-state index in [9.17, 15) is 9.59 Å². The van der Waals surface area contributed by atoms with Crippen LogP contribution in [0, 0.1) is 23.7 Å². The molecule has 0 aliphatic heterocycles. The molecule has 0 aromatic heterocycles. The summed E-state index contributed by atoms with van der Waals surface area (Å²) in [6, 6.07) is 0. The van der Waals surface area contributed by atoms with Gasteiger partial charge < -0.3 is 9.53 Å². The van der Waals surface area contributed by atoms with Crippen molar-refractivity contribution in [2.45, 2.75) is 71.1 Å². The van der Waals surface area contributed by atoms with E-state index in [1.54, 1.807) is 0 Å². The number of carbonyl (C=O) groups excluding carboxylic acids is 2. The van der Waals surface area contributed by atoms with Crippen molar-refractivity contribution in [3.05, 3.63) is 0 Å². The zero-order valence-corrected chi connectivity index (χ0v) is 13.4. The molecule has 0 spiro atoms. The summed E-state index contributed by atoms with van der Waals surface area (Å²) < 4.78 is 5.00. The molecule has 2 aliphatic rings. The molecule has 0 N–H and O–H groups in total. The van der Waals surface area contributed by atoms with Crippen LogP contribution < -0.4 is 0 Å². The lowest BCUT2D eigenvalue weighted by atomic mass is 9.69. The molecule has 2 aliphatic carbocycles. The highest BCUT2D eigenvalue weighted by Gasteiger charge is 2.30. The number of hydrogen-bond acceptors (Lipinski definition) is 3. The number of ether oxygens (including phenoxy) is 1. The van der Waals surface area contributed by atoms with E-state index in [0.717, 1.165) is 43.3 Å². The molecule has 2 saturated carbocycles. The molecular weight excluding hydrogens is 264 g/mol. The monoisotopic (exact) mass is 294 g/mol. The molecule has 0 amide bonds. The molecule has 0 heterocycles. The van der Waals surface area contributed by atoms with Crippen LogP contribution in [0.25, 0.3) is 0 Å². The van der Waals surface area contributed by atoms with Gasteiger partial charge in [-0.25, -0.2) is 0 Å². The van der Waals surface area contributed by atoms with Crippen molar-refractivity contribution >= 4 is 12.3 Å². The summed E-state index contributed by atoms with van der Waals surface area (Å²) in [5.74, 6) is 2.74. The van der Waals surface area contributed by atoms with Crippen LogP contribution in [0.4, 0.5) is 0 Å². The number of aldehydes is 1. The summed E-state index contributed by atoms with van der Waals surface area (Å²) in [5.41, 5.74) is 0. The Kier molecular flexibility index (Phi) is 6.72. The Morgan fingerprint density at radius 3 is 2.10 bits per heavy atom. The SMILES string of the molecule is CCOC(=O)CCC1CCC(C2CCC(C=O)CC2)CC1. The summed E-state index contributed by atoms with van der Waals surface area (Å²) >= 11 is 0. The first-order chi connectivity index (χ1) is 10.2. The van der Waals surface area contributed by atoms with Crippen molar-refractivity contribution in [3.63, 3.8) is 0 Å². The molecule has 3 heteroatoms. The lowest BCUT2D eigenvalue weighted by molar-refractivity contribution is -0.143. The van der Waals surface area contributed by atoms with Gasteiger partial charge in [-0.3, -0.25) is 4.79 Å². The second-order valence-electron chi connectivity index (χ2n) is 6.94. The van der Waals surface area contributed by atoms with Crippen LogP contribution in [-0.4, -0.2) is 18.9 Å². The van der Waals surface area contributed by atoms with Gasteiger partial charge in [0.2, 0.25) is 0 Å². The van der Waals surface area contributed by atoms with Crippen molar-refractivity contribution in [3.8, 4) is 0 Å². The van der Waals surface area contributed by atoms with Crippen molar-refractivity contribution in [1.29, 1.82) is 0 Å². The third-order valence-corrected chi connectivity index (χ3v) is 5.63. The minimum absolute atomic E-state index is 0.0354. The number of esters is 1. The maximum atomic E-state index is 11.4. The van der Waals surface area contributed by atoms with Crippen LogP contribution in [-0.2, 0) is 14.3 Å². The van der Waals surface area contributed by atoms with E-state index in [1.807, 2.05) is 6.92 Å². The topological polar surface area (TPSA) is 43.4 Å². The first kappa shape index (κ1) is 16.5. The van der Waals surface area contributed by atoms with E-state index in [0.29, 0.717) is 18.9 Å². The smallest absolute Gasteiger partial charge is 0.305 e. The van der Waals surface area contributed by atoms with Gasteiger partial charge in [0.05, 0.1) is 6.61 Å².